The van der Waals surface area contributed by atoms with Gasteiger partial charge in [-0.3, -0.25) is 4.79 Å². The first-order valence-corrected chi connectivity index (χ1v) is 4.87. The maximum absolute atomic E-state index is 13.2. The quantitative estimate of drug-likeness (QED) is 0.499. The first kappa shape index (κ1) is 9.91. The van der Waals surface area contributed by atoms with Crippen LogP contribution in [0.3, 0.4) is 0 Å². The molecule has 12 heavy (non-hydrogen) atoms. The highest BCUT2D eigenvalue weighted by Gasteiger charge is 2.08. The van der Waals surface area contributed by atoms with Crippen LogP contribution in [0.15, 0.2) is 16.6 Å². The summed E-state index contributed by atoms with van der Waals surface area (Å²) in [6, 6.07) is 3.30. The van der Waals surface area contributed by atoms with Gasteiger partial charge in [0.25, 0.3) is 0 Å². The summed E-state index contributed by atoms with van der Waals surface area (Å²) < 4.78 is 14.2. The highest BCUT2D eigenvalue weighted by atomic mass is 127. The van der Waals surface area contributed by atoms with Crippen LogP contribution >= 0.6 is 38.5 Å². The minimum Gasteiger partial charge on any atom is -0.325 e. The molecule has 64 valence electrons. The molecule has 1 aromatic carbocycles. The SMILES string of the molecule is O=CNc1c(I)ccc(Br)c1F. The Bertz CT molecular complexity index is 319. The molecule has 0 unspecified atom stereocenters. The van der Waals surface area contributed by atoms with Gasteiger partial charge in [0.2, 0.25) is 6.41 Å². The lowest BCUT2D eigenvalue weighted by Crippen LogP contribution is -2.00. The lowest BCUT2D eigenvalue weighted by molar-refractivity contribution is -0.105. The molecule has 0 aliphatic rings. The van der Waals surface area contributed by atoms with E-state index < -0.39 is 5.82 Å². The van der Waals surface area contributed by atoms with Crippen molar-refractivity contribution in [2.75, 3.05) is 5.32 Å². The standard InChI is InChI=1S/C7H4BrFINO/c8-4-1-2-5(10)7(6(4)9)11-3-12/h1-3H,(H,11,12). The second kappa shape index (κ2) is 4.18. The minimum atomic E-state index is -0.450. The van der Waals surface area contributed by atoms with Gasteiger partial charge in [-0.25, -0.2) is 4.39 Å². The van der Waals surface area contributed by atoms with Gasteiger partial charge < -0.3 is 5.32 Å². The summed E-state index contributed by atoms with van der Waals surface area (Å²) in [4.78, 5) is 10.1. The molecule has 0 fully saturated rings. The van der Waals surface area contributed by atoms with Crippen LogP contribution in [0.2, 0.25) is 0 Å². The van der Waals surface area contributed by atoms with E-state index in [1.807, 2.05) is 22.6 Å². The molecule has 0 radical (unpaired) electrons. The number of carbonyl (C=O) groups is 1. The lowest BCUT2D eigenvalue weighted by atomic mass is 10.3. The van der Waals surface area contributed by atoms with Gasteiger partial charge in [-0.15, -0.1) is 0 Å². The second-order valence-corrected chi connectivity index (χ2v) is 4.00. The summed E-state index contributed by atoms with van der Waals surface area (Å²) >= 11 is 4.96. The van der Waals surface area contributed by atoms with Crippen LogP contribution in [-0.2, 0) is 4.79 Å². The van der Waals surface area contributed by atoms with E-state index in [4.69, 9.17) is 0 Å². The van der Waals surface area contributed by atoms with E-state index in [1.165, 1.54) is 0 Å². The van der Waals surface area contributed by atoms with Gasteiger partial charge in [-0.1, -0.05) is 0 Å². The zero-order valence-electron chi connectivity index (χ0n) is 5.77. The smallest absolute Gasteiger partial charge is 0.211 e. The number of rotatable bonds is 2. The van der Waals surface area contributed by atoms with Crippen LogP contribution < -0.4 is 5.32 Å². The van der Waals surface area contributed by atoms with Crippen LogP contribution in [0.25, 0.3) is 0 Å². The third-order valence-electron chi connectivity index (χ3n) is 1.25. The number of benzene rings is 1. The second-order valence-electron chi connectivity index (χ2n) is 1.98. The minimum absolute atomic E-state index is 0.208. The largest absolute Gasteiger partial charge is 0.325 e. The molecule has 2 nitrogen and oxygen atoms in total. The number of nitrogens with one attached hydrogen (secondary N) is 1. The van der Waals surface area contributed by atoms with Gasteiger partial charge in [0.15, 0.2) is 5.82 Å². The number of hydrogen-bond acceptors (Lipinski definition) is 1. The molecule has 0 saturated carbocycles. The Balaban J connectivity index is 3.22. The number of halogens is 3. The molecule has 5 heteroatoms. The predicted molar refractivity (Wildman–Crippen MR) is 56.5 cm³/mol. The molecule has 0 saturated heterocycles. The molecule has 0 aliphatic carbocycles. The van der Waals surface area contributed by atoms with E-state index in [9.17, 15) is 9.18 Å². The van der Waals surface area contributed by atoms with Crippen molar-refractivity contribution in [2.24, 2.45) is 0 Å². The monoisotopic (exact) mass is 343 g/mol. The van der Waals surface area contributed by atoms with E-state index in [0.29, 0.717) is 14.5 Å². The van der Waals surface area contributed by atoms with Crippen molar-refractivity contribution in [3.05, 3.63) is 26.0 Å². The maximum atomic E-state index is 13.2. The van der Waals surface area contributed by atoms with Crippen molar-refractivity contribution < 1.29 is 9.18 Å². The Hall–Kier alpha value is -0.170. The van der Waals surface area contributed by atoms with Crippen molar-refractivity contribution in [3.63, 3.8) is 0 Å². The number of anilines is 1. The van der Waals surface area contributed by atoms with Crippen molar-refractivity contribution in [1.29, 1.82) is 0 Å². The van der Waals surface area contributed by atoms with Crippen molar-refractivity contribution >= 4 is 50.6 Å². The molecule has 0 atom stereocenters. The zero-order chi connectivity index (χ0) is 9.14. The average Bonchev–Trinajstić information content (AvgIpc) is 2.06. The van der Waals surface area contributed by atoms with Crippen LogP contribution in [0, 0.1) is 9.39 Å². The normalized spacial score (nSPS) is 9.58. The molecule has 1 amide bonds. The summed E-state index contributed by atoms with van der Waals surface area (Å²) in [5.74, 6) is -0.450. The van der Waals surface area contributed by atoms with Crippen LogP contribution in [-0.4, -0.2) is 6.41 Å². The molecule has 1 aromatic rings. The molecule has 0 aromatic heterocycles. The van der Waals surface area contributed by atoms with Gasteiger partial charge in [-0.05, 0) is 50.7 Å². The zero-order valence-corrected chi connectivity index (χ0v) is 9.52. The molecule has 0 bridgehead atoms. The van der Waals surface area contributed by atoms with E-state index in [-0.39, 0.29) is 5.69 Å². The number of hydrogen-bond donors (Lipinski definition) is 1. The highest BCUT2D eigenvalue weighted by molar-refractivity contribution is 14.1. The first-order valence-electron chi connectivity index (χ1n) is 3.00. The predicted octanol–water partition coefficient (Wildman–Crippen LogP) is 2.76. The van der Waals surface area contributed by atoms with E-state index >= 15 is 0 Å². The van der Waals surface area contributed by atoms with Gasteiger partial charge in [0.1, 0.15) is 0 Å². The van der Waals surface area contributed by atoms with Crippen LogP contribution in [0.5, 0.6) is 0 Å². The average molecular weight is 344 g/mol. The molecule has 0 aliphatic heterocycles. The van der Waals surface area contributed by atoms with E-state index in [0.717, 1.165) is 0 Å². The molecule has 1 N–H and O–H groups in total. The van der Waals surface area contributed by atoms with Crippen molar-refractivity contribution in [2.45, 2.75) is 0 Å². The summed E-state index contributed by atoms with van der Waals surface area (Å²) in [7, 11) is 0. The fourth-order valence-corrected chi connectivity index (χ4v) is 1.62. The van der Waals surface area contributed by atoms with Gasteiger partial charge in [0.05, 0.1) is 10.2 Å². The van der Waals surface area contributed by atoms with Gasteiger partial charge in [0, 0.05) is 3.57 Å². The summed E-state index contributed by atoms with van der Waals surface area (Å²) in [5, 5.41) is 2.29. The summed E-state index contributed by atoms with van der Waals surface area (Å²) in [5.41, 5.74) is 0.208. The van der Waals surface area contributed by atoms with Gasteiger partial charge in [-0.2, -0.15) is 0 Å². The molecular formula is C7H4BrFINO. The van der Waals surface area contributed by atoms with Crippen molar-refractivity contribution in [3.8, 4) is 0 Å². The topological polar surface area (TPSA) is 29.1 Å². The third-order valence-corrected chi connectivity index (χ3v) is 2.76. The Kier molecular flexibility index (Phi) is 3.45. The summed E-state index contributed by atoms with van der Waals surface area (Å²) in [6.07, 6.45) is 0.451. The number of amides is 1. The molecular weight excluding hydrogens is 340 g/mol. The number of carbonyl (C=O) groups excluding carboxylic acids is 1. The highest BCUT2D eigenvalue weighted by Crippen LogP contribution is 2.27. The maximum Gasteiger partial charge on any atom is 0.211 e. The third kappa shape index (κ3) is 1.95. The Morgan fingerprint density at radius 2 is 2.25 bits per heavy atom. The Morgan fingerprint density at radius 1 is 1.58 bits per heavy atom. The van der Waals surface area contributed by atoms with E-state index in [1.54, 1.807) is 12.1 Å². The summed E-state index contributed by atoms with van der Waals surface area (Å²) in [6.45, 7) is 0. The fourth-order valence-electron chi connectivity index (χ4n) is 0.718. The fraction of sp³-hybridized carbons (Fsp3) is 0. The van der Waals surface area contributed by atoms with Crippen molar-refractivity contribution in [1.82, 2.24) is 0 Å². The van der Waals surface area contributed by atoms with Crippen LogP contribution in [0.4, 0.5) is 10.1 Å². The first-order chi connectivity index (χ1) is 5.66. The van der Waals surface area contributed by atoms with Crippen LogP contribution in [0.1, 0.15) is 0 Å². The Labute approximate surface area is 90.8 Å². The molecule has 0 heterocycles. The van der Waals surface area contributed by atoms with Gasteiger partial charge >= 0.3 is 0 Å². The lowest BCUT2D eigenvalue weighted by Gasteiger charge is -2.04. The molecule has 0 spiro atoms. The van der Waals surface area contributed by atoms with E-state index in [2.05, 4.69) is 21.2 Å². The molecule has 1 rings (SSSR count). The Morgan fingerprint density at radius 3 is 2.83 bits per heavy atom.